The van der Waals surface area contributed by atoms with Gasteiger partial charge in [-0.1, -0.05) is 12.1 Å². The molecular formula is C13H18F3N3O2. The topological polar surface area (TPSA) is 58.4 Å². The first-order valence-electron chi connectivity index (χ1n) is 6.77. The van der Waals surface area contributed by atoms with Crippen molar-refractivity contribution < 1.29 is 22.5 Å². The highest BCUT2D eigenvalue weighted by molar-refractivity contribution is 5.92. The molecule has 0 spiro atoms. The second-order valence-corrected chi connectivity index (χ2v) is 5.68. The molecule has 21 heavy (non-hydrogen) atoms. The summed E-state index contributed by atoms with van der Waals surface area (Å²) in [6.45, 7) is 7.63. The molecule has 0 saturated carbocycles. The lowest BCUT2D eigenvalue weighted by Gasteiger charge is -2.20. The van der Waals surface area contributed by atoms with E-state index in [9.17, 15) is 18.0 Å². The molecule has 1 aliphatic heterocycles. The third kappa shape index (κ3) is 3.55. The number of hydrogen-bond donors (Lipinski definition) is 1. The van der Waals surface area contributed by atoms with Crippen LogP contribution < -0.4 is 5.32 Å². The summed E-state index contributed by atoms with van der Waals surface area (Å²) in [7, 11) is 0. The van der Waals surface area contributed by atoms with Crippen LogP contribution in [0.5, 0.6) is 0 Å². The first-order chi connectivity index (χ1) is 9.68. The molecule has 0 aromatic carbocycles. The van der Waals surface area contributed by atoms with Crippen LogP contribution in [0, 0.1) is 5.92 Å². The van der Waals surface area contributed by atoms with Gasteiger partial charge in [0.1, 0.15) is 0 Å². The maximum Gasteiger partial charge on any atom is 0.452 e. The Bertz CT molecular complexity index is 513. The van der Waals surface area contributed by atoms with Crippen molar-refractivity contribution in [2.75, 3.05) is 13.1 Å². The van der Waals surface area contributed by atoms with E-state index in [2.05, 4.69) is 33.7 Å². The van der Waals surface area contributed by atoms with Crippen molar-refractivity contribution in [1.82, 2.24) is 15.4 Å². The van der Waals surface area contributed by atoms with Gasteiger partial charge in [0.15, 0.2) is 5.69 Å². The van der Waals surface area contributed by atoms with Gasteiger partial charge in [-0.2, -0.15) is 13.2 Å². The van der Waals surface area contributed by atoms with Gasteiger partial charge in [0.2, 0.25) is 5.76 Å². The molecule has 0 bridgehead atoms. The standard InChI is InChI=1S/C13H18F3N3O2/c1-7(2)19-5-8(3)10(6-19)17-12(20)9-4-11(21-18-9)13(14,15)16/h4,7-8,10H,5-6H2,1-3H3,(H,17,20). The lowest BCUT2D eigenvalue weighted by Crippen LogP contribution is -2.40. The van der Waals surface area contributed by atoms with E-state index >= 15 is 0 Å². The highest BCUT2D eigenvalue weighted by atomic mass is 19.4. The van der Waals surface area contributed by atoms with E-state index in [1.807, 2.05) is 6.92 Å². The molecule has 1 aromatic heterocycles. The van der Waals surface area contributed by atoms with E-state index < -0.39 is 17.8 Å². The van der Waals surface area contributed by atoms with Crippen molar-refractivity contribution in [3.05, 3.63) is 17.5 Å². The minimum absolute atomic E-state index is 0.106. The van der Waals surface area contributed by atoms with E-state index in [0.717, 1.165) is 6.54 Å². The first-order valence-corrected chi connectivity index (χ1v) is 6.77. The van der Waals surface area contributed by atoms with Crippen molar-refractivity contribution in [2.24, 2.45) is 5.92 Å². The molecule has 2 unspecified atom stereocenters. The summed E-state index contributed by atoms with van der Waals surface area (Å²) in [5.74, 6) is -1.68. The predicted molar refractivity (Wildman–Crippen MR) is 68.6 cm³/mol. The molecule has 1 N–H and O–H groups in total. The monoisotopic (exact) mass is 305 g/mol. The fourth-order valence-corrected chi connectivity index (χ4v) is 2.37. The van der Waals surface area contributed by atoms with Gasteiger partial charge >= 0.3 is 6.18 Å². The maximum atomic E-state index is 12.4. The number of aromatic nitrogens is 1. The number of hydrogen-bond acceptors (Lipinski definition) is 4. The molecule has 1 amide bonds. The molecule has 1 fully saturated rings. The normalized spacial score (nSPS) is 23.8. The maximum absolute atomic E-state index is 12.4. The number of carbonyl (C=O) groups excluding carboxylic acids is 1. The second-order valence-electron chi connectivity index (χ2n) is 5.68. The molecule has 0 aliphatic carbocycles. The van der Waals surface area contributed by atoms with Crippen LogP contribution in [0.2, 0.25) is 0 Å². The van der Waals surface area contributed by atoms with E-state index in [4.69, 9.17) is 0 Å². The molecule has 2 rings (SSSR count). The SMILES string of the molecule is CC1CN(C(C)C)CC1NC(=O)c1cc(C(F)(F)F)on1. The van der Waals surface area contributed by atoms with Crippen LogP contribution in [-0.4, -0.2) is 41.1 Å². The largest absolute Gasteiger partial charge is 0.452 e. The first kappa shape index (κ1) is 15.8. The van der Waals surface area contributed by atoms with E-state index in [1.165, 1.54) is 0 Å². The highest BCUT2D eigenvalue weighted by Crippen LogP contribution is 2.29. The predicted octanol–water partition coefficient (Wildman–Crippen LogP) is 2.15. The molecule has 5 nitrogen and oxygen atoms in total. The molecule has 8 heteroatoms. The Balaban J connectivity index is 2.00. The summed E-state index contributed by atoms with van der Waals surface area (Å²) in [6, 6.07) is 0.874. The zero-order chi connectivity index (χ0) is 15.8. The lowest BCUT2D eigenvalue weighted by molar-refractivity contribution is -0.155. The van der Waals surface area contributed by atoms with Gasteiger partial charge in [-0.05, 0) is 19.8 Å². The summed E-state index contributed by atoms with van der Waals surface area (Å²) in [4.78, 5) is 14.2. The Labute approximate surface area is 120 Å². The Morgan fingerprint density at radius 2 is 2.14 bits per heavy atom. The summed E-state index contributed by atoms with van der Waals surface area (Å²) in [5, 5.41) is 5.91. The molecule has 1 aromatic rings. The smallest absolute Gasteiger partial charge is 0.351 e. The summed E-state index contributed by atoms with van der Waals surface area (Å²) < 4.78 is 41.4. The van der Waals surface area contributed by atoms with Crippen molar-refractivity contribution in [3.8, 4) is 0 Å². The zero-order valence-corrected chi connectivity index (χ0v) is 12.1. The van der Waals surface area contributed by atoms with Gasteiger partial charge in [0.05, 0.1) is 0 Å². The second kappa shape index (κ2) is 5.67. The molecule has 2 atom stereocenters. The number of carbonyl (C=O) groups is 1. The van der Waals surface area contributed by atoms with E-state index in [0.29, 0.717) is 18.7 Å². The van der Waals surface area contributed by atoms with E-state index in [1.54, 1.807) is 0 Å². The molecule has 118 valence electrons. The van der Waals surface area contributed by atoms with Gasteiger partial charge in [0, 0.05) is 31.2 Å². The summed E-state index contributed by atoms with van der Waals surface area (Å²) in [6.07, 6.45) is -4.64. The van der Waals surface area contributed by atoms with Crippen LogP contribution in [-0.2, 0) is 6.18 Å². The Kier molecular flexibility index (Phi) is 4.27. The van der Waals surface area contributed by atoms with Crippen LogP contribution in [0.4, 0.5) is 13.2 Å². The van der Waals surface area contributed by atoms with Crippen LogP contribution in [0.1, 0.15) is 37.0 Å². The molecule has 1 aliphatic rings. The zero-order valence-electron chi connectivity index (χ0n) is 12.1. The number of rotatable bonds is 3. The van der Waals surface area contributed by atoms with Crippen LogP contribution in [0.3, 0.4) is 0 Å². The van der Waals surface area contributed by atoms with Crippen molar-refractivity contribution in [1.29, 1.82) is 0 Å². The van der Waals surface area contributed by atoms with Crippen molar-refractivity contribution in [3.63, 3.8) is 0 Å². The number of nitrogens with zero attached hydrogens (tertiary/aromatic N) is 2. The number of nitrogens with one attached hydrogen (secondary N) is 1. The molecular weight excluding hydrogens is 287 g/mol. The highest BCUT2D eigenvalue weighted by Gasteiger charge is 2.37. The number of alkyl halides is 3. The van der Waals surface area contributed by atoms with Gasteiger partial charge in [-0.3, -0.25) is 9.69 Å². The van der Waals surface area contributed by atoms with Gasteiger partial charge < -0.3 is 9.84 Å². The number of likely N-dealkylation sites (tertiary alicyclic amines) is 1. The molecule has 1 saturated heterocycles. The number of halogens is 3. The quantitative estimate of drug-likeness (QED) is 0.929. The average Bonchev–Trinajstić information content (AvgIpc) is 2.96. The molecule has 0 radical (unpaired) electrons. The summed E-state index contributed by atoms with van der Waals surface area (Å²) in [5.41, 5.74) is -0.350. The van der Waals surface area contributed by atoms with Gasteiger partial charge in [-0.15, -0.1) is 0 Å². The fourth-order valence-electron chi connectivity index (χ4n) is 2.37. The van der Waals surface area contributed by atoms with Crippen molar-refractivity contribution in [2.45, 2.75) is 39.0 Å². The minimum Gasteiger partial charge on any atom is -0.351 e. The Hall–Kier alpha value is -1.57. The summed E-state index contributed by atoms with van der Waals surface area (Å²) >= 11 is 0. The van der Waals surface area contributed by atoms with E-state index in [-0.39, 0.29) is 17.7 Å². The average molecular weight is 305 g/mol. The van der Waals surface area contributed by atoms with Crippen LogP contribution >= 0.6 is 0 Å². The molecule has 2 heterocycles. The Morgan fingerprint density at radius 1 is 1.48 bits per heavy atom. The van der Waals surface area contributed by atoms with Crippen molar-refractivity contribution >= 4 is 5.91 Å². The lowest BCUT2D eigenvalue weighted by atomic mass is 10.1. The minimum atomic E-state index is -4.64. The van der Waals surface area contributed by atoms with Crippen LogP contribution in [0.15, 0.2) is 10.6 Å². The third-order valence-electron chi connectivity index (χ3n) is 3.71. The van der Waals surface area contributed by atoms with Gasteiger partial charge in [-0.25, -0.2) is 0 Å². The fraction of sp³-hybridized carbons (Fsp3) is 0.692. The number of amides is 1. The van der Waals surface area contributed by atoms with Gasteiger partial charge in [0.25, 0.3) is 5.91 Å². The Morgan fingerprint density at radius 3 is 2.62 bits per heavy atom. The third-order valence-corrected chi connectivity index (χ3v) is 3.71. The van der Waals surface area contributed by atoms with Crippen LogP contribution in [0.25, 0.3) is 0 Å².